The highest BCUT2D eigenvalue weighted by molar-refractivity contribution is 7.09. The van der Waals surface area contributed by atoms with Crippen molar-refractivity contribution in [2.45, 2.75) is 18.9 Å². The van der Waals surface area contributed by atoms with E-state index in [4.69, 9.17) is 9.72 Å². The topological polar surface area (TPSA) is 63.2 Å². The number of hydrogen-bond acceptors (Lipinski definition) is 5. The molecule has 6 heteroatoms. The summed E-state index contributed by atoms with van der Waals surface area (Å²) in [7, 11) is 0. The quantitative estimate of drug-likeness (QED) is 0.875. The summed E-state index contributed by atoms with van der Waals surface area (Å²) in [6, 6.07) is 9.72. The van der Waals surface area contributed by atoms with E-state index in [0.29, 0.717) is 25.0 Å². The number of aromatic nitrogens is 1. The van der Waals surface area contributed by atoms with Crippen molar-refractivity contribution >= 4 is 17.4 Å². The van der Waals surface area contributed by atoms with Gasteiger partial charge < -0.3 is 15.4 Å². The van der Waals surface area contributed by atoms with Crippen LogP contribution in [0.15, 0.2) is 35.7 Å². The molecule has 0 spiro atoms. The number of nitrogens with zero attached hydrogens (tertiary/aromatic N) is 1. The minimum Gasteiger partial charge on any atom is -0.445 e. The first-order valence-corrected chi connectivity index (χ1v) is 9.16. The largest absolute Gasteiger partial charge is 0.445 e. The molecule has 2 aliphatic rings. The van der Waals surface area contributed by atoms with Gasteiger partial charge in [-0.05, 0) is 37.4 Å². The molecule has 5 nitrogen and oxygen atoms in total. The van der Waals surface area contributed by atoms with Crippen LogP contribution < -0.4 is 10.6 Å². The molecular formula is C18H21N3O2S. The van der Waals surface area contributed by atoms with E-state index in [1.165, 1.54) is 0 Å². The van der Waals surface area contributed by atoms with E-state index in [9.17, 15) is 4.79 Å². The van der Waals surface area contributed by atoms with Gasteiger partial charge in [0.05, 0.1) is 0 Å². The molecule has 1 aliphatic carbocycles. The second-order valence-electron chi connectivity index (χ2n) is 6.62. The molecule has 4 rings (SSSR count). The maximum absolute atomic E-state index is 12.1. The monoisotopic (exact) mass is 343 g/mol. The van der Waals surface area contributed by atoms with Crippen LogP contribution >= 0.6 is 11.3 Å². The van der Waals surface area contributed by atoms with Crippen molar-refractivity contribution in [2.24, 2.45) is 11.8 Å². The van der Waals surface area contributed by atoms with Gasteiger partial charge in [-0.2, -0.15) is 0 Å². The Morgan fingerprint density at radius 2 is 2.12 bits per heavy atom. The van der Waals surface area contributed by atoms with Gasteiger partial charge in [0, 0.05) is 23.0 Å². The molecule has 2 heterocycles. The molecular weight excluding hydrogens is 322 g/mol. The maximum Gasteiger partial charge on any atom is 0.407 e. The summed E-state index contributed by atoms with van der Waals surface area (Å²) in [5.74, 6) is 1.13. The zero-order chi connectivity index (χ0) is 16.6. The lowest BCUT2D eigenvalue weighted by molar-refractivity contribution is 0.138. The molecule has 0 bridgehead atoms. The van der Waals surface area contributed by atoms with E-state index in [1.807, 2.05) is 37.3 Å². The number of carbonyl (C=O) groups excluding carboxylic acids is 1. The number of rotatable bonds is 5. The van der Waals surface area contributed by atoms with Crippen LogP contribution in [0.5, 0.6) is 0 Å². The molecule has 1 saturated heterocycles. The normalized spacial score (nSPS) is 27.5. The van der Waals surface area contributed by atoms with E-state index in [-0.39, 0.29) is 11.5 Å². The van der Waals surface area contributed by atoms with Gasteiger partial charge in [0.25, 0.3) is 0 Å². The van der Waals surface area contributed by atoms with Crippen LogP contribution in [0.3, 0.4) is 0 Å². The minimum absolute atomic E-state index is 0.00402. The Balaban J connectivity index is 1.37. The van der Waals surface area contributed by atoms with Crippen molar-refractivity contribution < 1.29 is 9.53 Å². The van der Waals surface area contributed by atoms with Crippen molar-refractivity contribution in [3.8, 4) is 0 Å². The molecule has 0 radical (unpaired) electrons. The highest BCUT2D eigenvalue weighted by Crippen LogP contribution is 2.61. The lowest BCUT2D eigenvalue weighted by Gasteiger charge is -2.19. The molecule has 3 atom stereocenters. The lowest BCUT2D eigenvalue weighted by Crippen LogP contribution is -2.38. The fourth-order valence-electron chi connectivity index (χ4n) is 3.86. The third-order valence-corrected chi connectivity index (χ3v) is 6.34. The van der Waals surface area contributed by atoms with Crippen LogP contribution in [0.25, 0.3) is 0 Å². The fraction of sp³-hybridized carbons (Fsp3) is 0.444. The van der Waals surface area contributed by atoms with Crippen LogP contribution in [0.2, 0.25) is 0 Å². The second-order valence-corrected chi connectivity index (χ2v) is 7.48. The molecule has 2 fully saturated rings. The standard InChI is InChI=1S/C18H21N3O2S/c1-12-10-24-16(21-12)18(14-7-19-8-15(14)18)11-20-17(22)23-9-13-5-3-2-4-6-13/h2-6,10,14-15,19H,7-9,11H2,1H3,(H,20,22)/t14-,15+,18?. The average molecular weight is 343 g/mol. The van der Waals surface area contributed by atoms with Crippen LogP contribution in [0.4, 0.5) is 4.79 Å². The third kappa shape index (κ3) is 2.70. The second kappa shape index (κ2) is 6.18. The van der Waals surface area contributed by atoms with Gasteiger partial charge in [0.15, 0.2) is 0 Å². The first-order valence-electron chi connectivity index (χ1n) is 8.28. The molecule has 1 aliphatic heterocycles. The number of fused-ring (bicyclic) bond motifs is 1. The number of thiazole rings is 1. The molecule has 1 unspecified atom stereocenters. The molecule has 2 aromatic rings. The number of nitrogens with one attached hydrogen (secondary N) is 2. The number of ether oxygens (including phenoxy) is 1. The number of benzene rings is 1. The van der Waals surface area contributed by atoms with Gasteiger partial charge in [-0.25, -0.2) is 9.78 Å². The summed E-state index contributed by atoms with van der Waals surface area (Å²) in [5, 5.41) is 9.63. The van der Waals surface area contributed by atoms with E-state index < -0.39 is 0 Å². The lowest BCUT2D eigenvalue weighted by atomic mass is 10.0. The number of aryl methyl sites for hydroxylation is 1. The van der Waals surface area contributed by atoms with E-state index in [2.05, 4.69) is 16.0 Å². The fourth-order valence-corrected chi connectivity index (χ4v) is 4.99. The summed E-state index contributed by atoms with van der Waals surface area (Å²) in [6.07, 6.45) is -0.357. The summed E-state index contributed by atoms with van der Waals surface area (Å²) in [5.41, 5.74) is 2.04. The Bertz CT molecular complexity index is 721. The average Bonchev–Trinajstić information content (AvgIpc) is 2.99. The van der Waals surface area contributed by atoms with E-state index in [1.54, 1.807) is 11.3 Å². The van der Waals surface area contributed by atoms with Gasteiger partial charge in [-0.3, -0.25) is 0 Å². The van der Waals surface area contributed by atoms with E-state index >= 15 is 0 Å². The van der Waals surface area contributed by atoms with Crippen LogP contribution in [-0.4, -0.2) is 30.7 Å². The molecule has 1 saturated carbocycles. The summed E-state index contributed by atoms with van der Waals surface area (Å²) < 4.78 is 5.33. The SMILES string of the molecule is Cc1csc(C2(CNC(=O)OCc3ccccc3)[C@@H]3CNC[C@@H]32)n1. The smallest absolute Gasteiger partial charge is 0.407 e. The zero-order valence-electron chi connectivity index (χ0n) is 13.6. The molecule has 126 valence electrons. The number of amides is 1. The van der Waals surface area contributed by atoms with Crippen LogP contribution in [-0.2, 0) is 16.8 Å². The number of piperidine rings is 1. The van der Waals surface area contributed by atoms with Gasteiger partial charge in [0.1, 0.15) is 11.6 Å². The van der Waals surface area contributed by atoms with Crippen molar-refractivity contribution in [3.63, 3.8) is 0 Å². The van der Waals surface area contributed by atoms with Gasteiger partial charge in [-0.15, -0.1) is 11.3 Å². The van der Waals surface area contributed by atoms with Crippen molar-refractivity contribution in [1.29, 1.82) is 0 Å². The Labute approximate surface area is 145 Å². The highest BCUT2D eigenvalue weighted by atomic mass is 32.1. The minimum atomic E-state index is -0.357. The number of hydrogen-bond donors (Lipinski definition) is 2. The number of alkyl carbamates (subject to hydrolysis) is 1. The molecule has 1 aromatic heterocycles. The predicted octanol–water partition coefficient (Wildman–Crippen LogP) is 2.46. The Morgan fingerprint density at radius 3 is 2.79 bits per heavy atom. The Morgan fingerprint density at radius 1 is 1.38 bits per heavy atom. The molecule has 24 heavy (non-hydrogen) atoms. The third-order valence-electron chi connectivity index (χ3n) is 5.18. The van der Waals surface area contributed by atoms with Crippen LogP contribution in [0.1, 0.15) is 16.3 Å². The maximum atomic E-state index is 12.1. The predicted molar refractivity (Wildman–Crippen MR) is 93.0 cm³/mol. The first-order chi connectivity index (χ1) is 11.7. The molecule has 1 amide bonds. The Hall–Kier alpha value is -1.92. The van der Waals surface area contributed by atoms with Gasteiger partial charge >= 0.3 is 6.09 Å². The summed E-state index contributed by atoms with van der Waals surface area (Å²) in [6.45, 7) is 4.93. The number of carbonyl (C=O) groups is 1. The molecule has 1 aromatic carbocycles. The van der Waals surface area contributed by atoms with Crippen LogP contribution in [0, 0.1) is 18.8 Å². The highest BCUT2D eigenvalue weighted by Gasteiger charge is 2.68. The Kier molecular flexibility index (Phi) is 4.02. The van der Waals surface area contributed by atoms with Crippen molar-refractivity contribution in [3.05, 3.63) is 52.0 Å². The molecule has 2 N–H and O–H groups in total. The van der Waals surface area contributed by atoms with Crippen molar-refractivity contribution in [1.82, 2.24) is 15.6 Å². The first kappa shape index (κ1) is 15.6. The van der Waals surface area contributed by atoms with Crippen molar-refractivity contribution in [2.75, 3.05) is 19.6 Å². The summed E-state index contributed by atoms with van der Waals surface area (Å²) >= 11 is 1.71. The van der Waals surface area contributed by atoms with E-state index in [0.717, 1.165) is 29.4 Å². The zero-order valence-corrected chi connectivity index (χ0v) is 14.4. The van der Waals surface area contributed by atoms with Gasteiger partial charge in [0.2, 0.25) is 0 Å². The van der Waals surface area contributed by atoms with Gasteiger partial charge in [-0.1, -0.05) is 30.3 Å². The summed E-state index contributed by atoms with van der Waals surface area (Å²) in [4.78, 5) is 16.8.